The summed E-state index contributed by atoms with van der Waals surface area (Å²) in [4.78, 5) is 14.2. The zero-order chi connectivity index (χ0) is 12.7. The molecule has 18 heavy (non-hydrogen) atoms. The molecule has 0 saturated carbocycles. The van der Waals surface area contributed by atoms with E-state index in [0.29, 0.717) is 17.1 Å². The Morgan fingerprint density at radius 1 is 1.28 bits per heavy atom. The number of fused-ring (bicyclic) bond motifs is 1. The van der Waals surface area contributed by atoms with Gasteiger partial charge in [0.2, 0.25) is 5.78 Å². The van der Waals surface area contributed by atoms with Crippen molar-refractivity contribution in [3.63, 3.8) is 0 Å². The number of phenolic OH excluding ortho intramolecular Hbond substituents is 1. The molecule has 2 heterocycles. The Hall–Kier alpha value is -2.07. The first-order chi connectivity index (χ1) is 8.63. The lowest BCUT2D eigenvalue weighted by Crippen LogP contribution is -1.97. The smallest absolute Gasteiger partial charge is 0.232 e. The van der Waals surface area contributed by atoms with E-state index in [4.69, 9.17) is 4.74 Å². The number of thiophene rings is 1. The number of aromatic hydroxyl groups is 1. The van der Waals surface area contributed by atoms with Crippen molar-refractivity contribution in [2.24, 2.45) is 0 Å². The first-order valence-corrected chi connectivity index (χ1v) is 6.29. The van der Waals surface area contributed by atoms with Crippen molar-refractivity contribution in [3.8, 4) is 11.5 Å². The van der Waals surface area contributed by atoms with Crippen LogP contribution < -0.4 is 4.74 Å². The van der Waals surface area contributed by atoms with Gasteiger partial charge in [0.05, 0.1) is 5.56 Å². The predicted octanol–water partition coefficient (Wildman–Crippen LogP) is 3.38. The number of allylic oxidation sites excluding steroid dienone is 1. The maximum absolute atomic E-state index is 12.0. The summed E-state index contributed by atoms with van der Waals surface area (Å²) in [6.07, 6.45) is 1.73. The summed E-state index contributed by atoms with van der Waals surface area (Å²) in [5.41, 5.74) is 0.493. The van der Waals surface area contributed by atoms with Gasteiger partial charge >= 0.3 is 0 Å². The topological polar surface area (TPSA) is 46.5 Å². The molecule has 3 rings (SSSR count). The van der Waals surface area contributed by atoms with E-state index in [2.05, 4.69) is 0 Å². The molecule has 0 amide bonds. The van der Waals surface area contributed by atoms with Crippen LogP contribution in [0.5, 0.6) is 11.5 Å². The molecule has 0 radical (unpaired) electrons. The largest absolute Gasteiger partial charge is 0.508 e. The molecule has 1 N–H and O–H groups in total. The predicted molar refractivity (Wildman–Crippen MR) is 70.1 cm³/mol. The monoisotopic (exact) mass is 258 g/mol. The average Bonchev–Trinajstić information content (AvgIpc) is 2.85. The molecule has 3 nitrogen and oxygen atoms in total. The lowest BCUT2D eigenvalue weighted by Gasteiger charge is -1.97. The Labute approximate surface area is 108 Å². The van der Waals surface area contributed by atoms with Crippen molar-refractivity contribution in [2.45, 2.75) is 6.92 Å². The highest BCUT2D eigenvalue weighted by Gasteiger charge is 2.27. The van der Waals surface area contributed by atoms with Crippen molar-refractivity contribution < 1.29 is 14.6 Å². The number of hydrogen-bond acceptors (Lipinski definition) is 4. The van der Waals surface area contributed by atoms with Gasteiger partial charge in [0.25, 0.3) is 0 Å². The van der Waals surface area contributed by atoms with Crippen LogP contribution in [0.3, 0.4) is 0 Å². The standard InChI is InChI=1S/C14H10O3S/c1-8-2-4-10(18-8)7-13-14(16)11-5-3-9(15)6-12(11)17-13/h2-7,15H,1H3/b13-7+. The molecular weight excluding hydrogens is 248 g/mol. The minimum absolute atomic E-state index is 0.0924. The van der Waals surface area contributed by atoms with Crippen molar-refractivity contribution in [2.75, 3.05) is 0 Å². The zero-order valence-electron chi connectivity index (χ0n) is 9.64. The molecule has 0 spiro atoms. The number of carbonyl (C=O) groups is 1. The lowest BCUT2D eigenvalue weighted by molar-refractivity contribution is 0.101. The highest BCUT2D eigenvalue weighted by molar-refractivity contribution is 7.12. The van der Waals surface area contributed by atoms with Crippen LogP contribution in [-0.4, -0.2) is 10.9 Å². The number of Topliss-reactive ketones (excluding diaryl/α,β-unsaturated/α-hetero) is 1. The van der Waals surface area contributed by atoms with Gasteiger partial charge in [0.15, 0.2) is 5.76 Å². The fourth-order valence-corrected chi connectivity index (χ4v) is 2.65. The molecular formula is C14H10O3S. The Bertz CT molecular complexity index is 667. The van der Waals surface area contributed by atoms with Crippen LogP contribution in [0.25, 0.3) is 6.08 Å². The van der Waals surface area contributed by atoms with Crippen molar-refractivity contribution in [1.29, 1.82) is 0 Å². The second-order valence-corrected chi connectivity index (χ2v) is 5.39. The third-order valence-corrected chi connectivity index (χ3v) is 3.64. The molecule has 2 aromatic rings. The van der Waals surface area contributed by atoms with Crippen LogP contribution in [0.1, 0.15) is 20.1 Å². The molecule has 0 unspecified atom stereocenters. The first-order valence-electron chi connectivity index (χ1n) is 5.47. The fourth-order valence-electron chi connectivity index (χ4n) is 1.84. The summed E-state index contributed by atoms with van der Waals surface area (Å²) in [7, 11) is 0. The summed E-state index contributed by atoms with van der Waals surface area (Å²) in [5, 5.41) is 9.35. The third kappa shape index (κ3) is 1.80. The summed E-state index contributed by atoms with van der Waals surface area (Å²) in [5.74, 6) is 0.669. The summed E-state index contributed by atoms with van der Waals surface area (Å²) < 4.78 is 5.47. The van der Waals surface area contributed by atoms with Gasteiger partial charge in [0, 0.05) is 21.9 Å². The molecule has 0 atom stereocenters. The van der Waals surface area contributed by atoms with Crippen LogP contribution in [-0.2, 0) is 0 Å². The molecule has 0 fully saturated rings. The molecule has 0 aliphatic carbocycles. The Morgan fingerprint density at radius 2 is 2.11 bits per heavy atom. The second kappa shape index (κ2) is 3.99. The third-order valence-electron chi connectivity index (χ3n) is 2.69. The van der Waals surface area contributed by atoms with Crippen molar-refractivity contribution in [3.05, 3.63) is 51.4 Å². The number of carbonyl (C=O) groups excluding carboxylic acids is 1. The van der Waals surface area contributed by atoms with Crippen molar-refractivity contribution >= 4 is 23.2 Å². The molecule has 4 heteroatoms. The normalized spacial score (nSPS) is 15.8. The quantitative estimate of drug-likeness (QED) is 0.798. The minimum atomic E-state index is -0.143. The number of hydrogen-bond donors (Lipinski definition) is 1. The molecule has 0 saturated heterocycles. The van der Waals surface area contributed by atoms with Crippen LogP contribution in [0, 0.1) is 6.92 Å². The number of rotatable bonds is 1. The van der Waals surface area contributed by atoms with Crippen LogP contribution in [0.15, 0.2) is 36.1 Å². The lowest BCUT2D eigenvalue weighted by atomic mass is 10.1. The number of aryl methyl sites for hydroxylation is 1. The van der Waals surface area contributed by atoms with Crippen molar-refractivity contribution in [1.82, 2.24) is 0 Å². The minimum Gasteiger partial charge on any atom is -0.508 e. The van der Waals surface area contributed by atoms with Gasteiger partial charge in [0.1, 0.15) is 11.5 Å². The maximum Gasteiger partial charge on any atom is 0.232 e. The zero-order valence-corrected chi connectivity index (χ0v) is 10.5. The van der Waals surface area contributed by atoms with E-state index in [0.717, 1.165) is 4.88 Å². The Balaban J connectivity index is 1.99. The summed E-state index contributed by atoms with van der Waals surface area (Å²) >= 11 is 1.60. The molecule has 1 aromatic carbocycles. The van der Waals surface area contributed by atoms with E-state index in [1.165, 1.54) is 17.0 Å². The van der Waals surface area contributed by atoms with Gasteiger partial charge in [-0.3, -0.25) is 4.79 Å². The van der Waals surface area contributed by atoms with E-state index in [1.54, 1.807) is 23.5 Å². The molecule has 90 valence electrons. The van der Waals surface area contributed by atoms with Gasteiger partial charge in [-0.15, -0.1) is 11.3 Å². The van der Waals surface area contributed by atoms with Crippen LogP contribution in [0.4, 0.5) is 0 Å². The van der Waals surface area contributed by atoms with Crippen LogP contribution in [0.2, 0.25) is 0 Å². The highest BCUT2D eigenvalue weighted by Crippen LogP contribution is 2.34. The first kappa shape index (κ1) is 11.0. The van der Waals surface area contributed by atoms with E-state index in [-0.39, 0.29) is 11.5 Å². The van der Waals surface area contributed by atoms with Gasteiger partial charge in [-0.2, -0.15) is 0 Å². The van der Waals surface area contributed by atoms with E-state index in [1.807, 2.05) is 19.1 Å². The Morgan fingerprint density at radius 3 is 2.83 bits per heavy atom. The highest BCUT2D eigenvalue weighted by atomic mass is 32.1. The average molecular weight is 258 g/mol. The second-order valence-electron chi connectivity index (χ2n) is 4.07. The number of ketones is 1. The SMILES string of the molecule is Cc1ccc(/C=C2/Oc3cc(O)ccc3C2=O)s1. The van der Waals surface area contributed by atoms with E-state index >= 15 is 0 Å². The number of benzene rings is 1. The Kier molecular flexibility index (Phi) is 2.45. The van der Waals surface area contributed by atoms with Gasteiger partial charge in [-0.25, -0.2) is 0 Å². The van der Waals surface area contributed by atoms with Gasteiger partial charge in [-0.05, 0) is 31.2 Å². The number of phenols is 1. The van der Waals surface area contributed by atoms with Gasteiger partial charge in [-0.1, -0.05) is 0 Å². The molecule has 0 bridgehead atoms. The number of ether oxygens (including phenoxy) is 1. The maximum atomic E-state index is 12.0. The van der Waals surface area contributed by atoms with Crippen LogP contribution >= 0.6 is 11.3 Å². The van der Waals surface area contributed by atoms with E-state index < -0.39 is 0 Å². The van der Waals surface area contributed by atoms with Gasteiger partial charge < -0.3 is 9.84 Å². The molecule has 1 aliphatic rings. The molecule has 1 aliphatic heterocycles. The fraction of sp³-hybridized carbons (Fsp3) is 0.0714. The van der Waals surface area contributed by atoms with E-state index in [9.17, 15) is 9.90 Å². The summed E-state index contributed by atoms with van der Waals surface area (Å²) in [6, 6.07) is 8.46. The molecule has 1 aromatic heterocycles. The summed E-state index contributed by atoms with van der Waals surface area (Å²) in [6.45, 7) is 2.01.